The van der Waals surface area contributed by atoms with Crippen molar-refractivity contribution in [1.29, 1.82) is 0 Å². The lowest BCUT2D eigenvalue weighted by atomic mass is 10.1. The summed E-state index contributed by atoms with van der Waals surface area (Å²) in [5.41, 5.74) is 0.731. The van der Waals surface area contributed by atoms with Crippen LogP contribution in [0.1, 0.15) is 84.0 Å². The number of aromatic nitrogens is 4. The van der Waals surface area contributed by atoms with Gasteiger partial charge in [-0.1, -0.05) is 77.6 Å². The molecule has 0 unspecified atom stereocenters. The van der Waals surface area contributed by atoms with E-state index < -0.39 is 0 Å². The number of rotatable bonds is 14. The van der Waals surface area contributed by atoms with Crippen molar-refractivity contribution < 1.29 is 4.74 Å². The lowest BCUT2D eigenvalue weighted by molar-refractivity contribution is 0.296. The lowest BCUT2D eigenvalue weighted by Crippen LogP contribution is -2.00. The molecule has 0 fully saturated rings. The highest BCUT2D eigenvalue weighted by Gasteiger charge is 2.05. The summed E-state index contributed by atoms with van der Waals surface area (Å²) in [6.45, 7) is 2.99. The van der Waals surface area contributed by atoms with Crippen LogP contribution in [0, 0.1) is 0 Å². The number of fused-ring (bicyclic) bond motifs is 1. The van der Waals surface area contributed by atoms with E-state index in [0.29, 0.717) is 12.5 Å². The Morgan fingerprint density at radius 2 is 1.46 bits per heavy atom. The average molecular weight is 332 g/mol. The van der Waals surface area contributed by atoms with Crippen molar-refractivity contribution in [2.24, 2.45) is 0 Å². The van der Waals surface area contributed by atoms with Crippen LogP contribution in [0.4, 0.5) is 0 Å². The minimum Gasteiger partial charge on any atom is -0.477 e. The molecule has 0 aliphatic carbocycles. The highest BCUT2D eigenvalue weighted by atomic mass is 16.5. The first kappa shape index (κ1) is 18.7. The van der Waals surface area contributed by atoms with Gasteiger partial charge in [-0.05, 0) is 6.42 Å². The number of nitrogens with zero attached hydrogens (tertiary/aromatic N) is 3. The number of nitrogens with one attached hydrogen (secondary N) is 1. The number of hydrogen-bond donors (Lipinski definition) is 1. The van der Waals surface area contributed by atoms with Crippen LogP contribution in [0.2, 0.25) is 0 Å². The van der Waals surface area contributed by atoms with Crippen molar-refractivity contribution in [3.05, 3.63) is 12.5 Å². The van der Waals surface area contributed by atoms with Crippen molar-refractivity contribution in [3.8, 4) is 5.88 Å². The molecule has 2 heterocycles. The van der Waals surface area contributed by atoms with Crippen LogP contribution in [0.25, 0.3) is 11.0 Å². The number of ether oxygens (including phenoxy) is 1. The van der Waals surface area contributed by atoms with Gasteiger partial charge in [-0.15, -0.1) is 0 Å². The molecule has 0 aliphatic rings. The Labute approximate surface area is 145 Å². The predicted molar refractivity (Wildman–Crippen MR) is 98.3 cm³/mol. The normalized spacial score (nSPS) is 11.2. The maximum Gasteiger partial charge on any atom is 0.227 e. The Balaban J connectivity index is 1.41. The van der Waals surface area contributed by atoms with E-state index in [9.17, 15) is 0 Å². The summed E-state index contributed by atoms with van der Waals surface area (Å²) < 4.78 is 5.76. The first-order valence-electron chi connectivity index (χ1n) is 9.68. The lowest BCUT2D eigenvalue weighted by Gasteiger charge is -2.05. The van der Waals surface area contributed by atoms with E-state index in [0.717, 1.165) is 17.5 Å². The van der Waals surface area contributed by atoms with Gasteiger partial charge in [-0.2, -0.15) is 5.10 Å². The van der Waals surface area contributed by atoms with Gasteiger partial charge in [-0.25, -0.2) is 9.97 Å². The smallest absolute Gasteiger partial charge is 0.227 e. The van der Waals surface area contributed by atoms with Gasteiger partial charge >= 0.3 is 0 Å². The van der Waals surface area contributed by atoms with Crippen molar-refractivity contribution in [3.63, 3.8) is 0 Å². The quantitative estimate of drug-likeness (QED) is 0.468. The second kappa shape index (κ2) is 11.8. The fraction of sp³-hybridized carbons (Fsp3) is 0.737. The molecule has 0 saturated heterocycles. The Kier molecular flexibility index (Phi) is 9.20. The fourth-order valence-electron chi connectivity index (χ4n) is 2.97. The van der Waals surface area contributed by atoms with Crippen molar-refractivity contribution in [1.82, 2.24) is 20.2 Å². The van der Waals surface area contributed by atoms with Gasteiger partial charge in [-0.3, -0.25) is 5.10 Å². The predicted octanol–water partition coefficient (Wildman–Crippen LogP) is 5.43. The minimum absolute atomic E-state index is 0.636. The summed E-state index contributed by atoms with van der Waals surface area (Å²) in [6.07, 6.45) is 19.4. The van der Waals surface area contributed by atoms with Gasteiger partial charge < -0.3 is 4.74 Å². The summed E-state index contributed by atoms with van der Waals surface area (Å²) >= 11 is 0. The van der Waals surface area contributed by atoms with Crippen LogP contribution in [0.5, 0.6) is 5.88 Å². The van der Waals surface area contributed by atoms with Gasteiger partial charge in [0.1, 0.15) is 11.7 Å². The zero-order valence-corrected chi connectivity index (χ0v) is 15.1. The van der Waals surface area contributed by atoms with Gasteiger partial charge in [0, 0.05) is 0 Å². The summed E-state index contributed by atoms with van der Waals surface area (Å²) in [7, 11) is 0. The molecule has 0 radical (unpaired) electrons. The highest BCUT2D eigenvalue weighted by molar-refractivity contribution is 5.78. The van der Waals surface area contributed by atoms with Crippen LogP contribution in [0.15, 0.2) is 12.5 Å². The molecule has 134 valence electrons. The molecule has 0 aromatic carbocycles. The summed E-state index contributed by atoms with van der Waals surface area (Å²) in [5, 5.41) is 7.65. The minimum atomic E-state index is 0.636. The average Bonchev–Trinajstić information content (AvgIpc) is 3.08. The molecule has 0 amide bonds. The topological polar surface area (TPSA) is 63.7 Å². The number of aromatic amines is 1. The van der Waals surface area contributed by atoms with Crippen LogP contribution in [-0.4, -0.2) is 26.8 Å². The number of hydrogen-bond acceptors (Lipinski definition) is 4. The zero-order valence-electron chi connectivity index (χ0n) is 15.1. The van der Waals surface area contributed by atoms with E-state index in [1.807, 2.05) is 0 Å². The van der Waals surface area contributed by atoms with Crippen molar-refractivity contribution in [2.45, 2.75) is 84.0 Å². The molecule has 0 saturated carbocycles. The molecule has 0 spiro atoms. The SMILES string of the molecule is CCCCCCCCCCCCCCOc1ncnc2[nH]ncc12. The Bertz CT molecular complexity index is 555. The molecule has 1 N–H and O–H groups in total. The molecule has 5 nitrogen and oxygen atoms in total. The number of H-pyrrole nitrogens is 1. The Hall–Kier alpha value is -1.65. The maximum atomic E-state index is 5.76. The molecule has 24 heavy (non-hydrogen) atoms. The van der Waals surface area contributed by atoms with Crippen LogP contribution in [0.3, 0.4) is 0 Å². The van der Waals surface area contributed by atoms with E-state index in [-0.39, 0.29) is 0 Å². The third kappa shape index (κ3) is 6.85. The van der Waals surface area contributed by atoms with Crippen molar-refractivity contribution >= 4 is 11.0 Å². The molecule has 0 aliphatic heterocycles. The fourth-order valence-corrected chi connectivity index (χ4v) is 2.97. The molecular weight excluding hydrogens is 300 g/mol. The molecule has 2 aromatic rings. The summed E-state index contributed by atoms with van der Waals surface area (Å²) in [5.74, 6) is 0.636. The van der Waals surface area contributed by atoms with Crippen molar-refractivity contribution in [2.75, 3.05) is 6.61 Å². The molecule has 0 bridgehead atoms. The second-order valence-corrected chi connectivity index (χ2v) is 6.55. The third-order valence-corrected chi connectivity index (χ3v) is 4.45. The second-order valence-electron chi connectivity index (χ2n) is 6.55. The summed E-state index contributed by atoms with van der Waals surface area (Å²) in [6, 6.07) is 0. The highest BCUT2D eigenvalue weighted by Crippen LogP contribution is 2.19. The standard InChI is InChI=1S/C19H32N4O/c1-2-3-4-5-6-7-8-9-10-11-12-13-14-24-19-17-15-22-23-18(17)20-16-21-19/h15-16H,2-14H2,1H3,(H,20,21,22,23). The molecular formula is C19H32N4O. The van der Waals surface area contributed by atoms with E-state index in [1.54, 1.807) is 6.20 Å². The van der Waals surface area contributed by atoms with E-state index in [1.165, 1.54) is 77.0 Å². The first-order chi connectivity index (χ1) is 11.9. The number of unbranched alkanes of at least 4 members (excludes halogenated alkanes) is 11. The Morgan fingerprint density at radius 3 is 2.12 bits per heavy atom. The first-order valence-corrected chi connectivity index (χ1v) is 9.68. The van der Waals surface area contributed by atoms with E-state index in [4.69, 9.17) is 4.74 Å². The van der Waals surface area contributed by atoms with Gasteiger partial charge in [0.25, 0.3) is 0 Å². The van der Waals surface area contributed by atoms with E-state index in [2.05, 4.69) is 27.1 Å². The van der Waals surface area contributed by atoms with Gasteiger partial charge in [0.2, 0.25) is 5.88 Å². The monoisotopic (exact) mass is 332 g/mol. The van der Waals surface area contributed by atoms with Crippen LogP contribution >= 0.6 is 0 Å². The third-order valence-electron chi connectivity index (χ3n) is 4.45. The van der Waals surface area contributed by atoms with Gasteiger partial charge in [0.05, 0.1) is 12.8 Å². The van der Waals surface area contributed by atoms with Crippen LogP contribution < -0.4 is 4.74 Å². The zero-order chi connectivity index (χ0) is 16.9. The molecule has 5 heteroatoms. The largest absolute Gasteiger partial charge is 0.477 e. The summed E-state index contributed by atoms with van der Waals surface area (Å²) in [4.78, 5) is 8.29. The van der Waals surface area contributed by atoms with E-state index >= 15 is 0 Å². The Morgan fingerprint density at radius 1 is 0.833 bits per heavy atom. The maximum absolute atomic E-state index is 5.76. The molecule has 2 aromatic heterocycles. The van der Waals surface area contributed by atoms with Gasteiger partial charge in [0.15, 0.2) is 5.65 Å². The molecule has 2 rings (SSSR count). The molecule has 0 atom stereocenters. The van der Waals surface area contributed by atoms with Crippen LogP contribution in [-0.2, 0) is 0 Å².